The van der Waals surface area contributed by atoms with Crippen LogP contribution in [0.4, 0.5) is 4.79 Å². The molecular formula is C29H46N4O7. The van der Waals surface area contributed by atoms with Crippen molar-refractivity contribution in [2.75, 3.05) is 20.2 Å². The molecule has 0 aromatic rings. The topological polar surface area (TPSA) is 143 Å². The molecule has 1 aliphatic heterocycles. The highest BCUT2D eigenvalue weighted by molar-refractivity contribution is 5.92. The van der Waals surface area contributed by atoms with E-state index in [0.29, 0.717) is 30.7 Å². The predicted molar refractivity (Wildman–Crippen MR) is 146 cm³/mol. The smallest absolute Gasteiger partial charge is 0.408 e. The molecule has 0 spiro atoms. The van der Waals surface area contributed by atoms with Gasteiger partial charge in [0.05, 0.1) is 7.11 Å². The zero-order chi connectivity index (χ0) is 29.1. The number of likely N-dealkylation sites (tertiary alicyclic amines) is 1. The number of hydrogen-bond acceptors (Lipinski definition) is 7. The van der Waals surface area contributed by atoms with Crippen molar-refractivity contribution in [3.05, 3.63) is 0 Å². The highest BCUT2D eigenvalue weighted by atomic mass is 16.6. The van der Waals surface area contributed by atoms with Crippen molar-refractivity contribution >= 4 is 29.8 Å². The van der Waals surface area contributed by atoms with Gasteiger partial charge in [-0.1, -0.05) is 0 Å². The number of amides is 4. The SMILES string of the molecule is COC(=O)[C@H](CCC(=O)NC12CC3CC(CC(C3)C1)C2)NC(=O)[C@@H]1CCCCN1C(=O)CNC(=O)OC(C)(C)C. The van der Waals surface area contributed by atoms with Gasteiger partial charge in [0.15, 0.2) is 0 Å². The number of alkyl carbamates (subject to hydrolysis) is 1. The van der Waals surface area contributed by atoms with Crippen LogP contribution in [0.25, 0.3) is 0 Å². The summed E-state index contributed by atoms with van der Waals surface area (Å²) in [6.45, 7) is 5.24. The van der Waals surface area contributed by atoms with Crippen molar-refractivity contribution in [2.45, 2.75) is 115 Å². The van der Waals surface area contributed by atoms with E-state index in [1.807, 2.05) is 0 Å². The van der Waals surface area contributed by atoms with Crippen LogP contribution in [0.2, 0.25) is 0 Å². The summed E-state index contributed by atoms with van der Waals surface area (Å²) in [5, 5.41) is 8.49. The number of nitrogens with one attached hydrogen (secondary N) is 3. The first-order valence-electron chi connectivity index (χ1n) is 14.8. The summed E-state index contributed by atoms with van der Waals surface area (Å²) in [6, 6.07) is -1.78. The molecule has 3 N–H and O–H groups in total. The van der Waals surface area contributed by atoms with Crippen molar-refractivity contribution in [3.63, 3.8) is 0 Å². The quantitative estimate of drug-likeness (QED) is 0.366. The number of hydrogen-bond donors (Lipinski definition) is 3. The van der Waals surface area contributed by atoms with Crippen LogP contribution in [-0.4, -0.2) is 78.1 Å². The molecule has 1 saturated heterocycles. The minimum Gasteiger partial charge on any atom is -0.467 e. The fourth-order valence-corrected chi connectivity index (χ4v) is 7.62. The molecule has 40 heavy (non-hydrogen) atoms. The van der Waals surface area contributed by atoms with E-state index in [2.05, 4.69) is 16.0 Å². The molecule has 0 radical (unpaired) electrons. The molecule has 5 rings (SSSR count). The number of methoxy groups -OCH3 is 1. The molecule has 5 fully saturated rings. The van der Waals surface area contributed by atoms with Crippen molar-refractivity contribution in [1.82, 2.24) is 20.9 Å². The molecule has 0 aromatic heterocycles. The Hall–Kier alpha value is -2.85. The van der Waals surface area contributed by atoms with Crippen LogP contribution in [0, 0.1) is 17.8 Å². The summed E-state index contributed by atoms with van der Waals surface area (Å²) in [4.78, 5) is 65.2. The Kier molecular flexibility index (Phi) is 9.29. The molecule has 224 valence electrons. The Bertz CT molecular complexity index is 956. The van der Waals surface area contributed by atoms with Crippen molar-refractivity contribution in [2.24, 2.45) is 17.8 Å². The Morgan fingerprint density at radius 2 is 1.60 bits per heavy atom. The minimum atomic E-state index is -1.00. The summed E-state index contributed by atoms with van der Waals surface area (Å²) in [7, 11) is 1.25. The molecule has 11 nitrogen and oxygen atoms in total. The average Bonchev–Trinajstić information content (AvgIpc) is 2.87. The van der Waals surface area contributed by atoms with Crippen LogP contribution in [-0.2, 0) is 28.7 Å². The van der Waals surface area contributed by atoms with Crippen LogP contribution in [0.5, 0.6) is 0 Å². The first-order valence-corrected chi connectivity index (χ1v) is 14.8. The molecule has 1 heterocycles. The molecule has 5 aliphatic rings. The van der Waals surface area contributed by atoms with E-state index in [-0.39, 0.29) is 30.8 Å². The lowest BCUT2D eigenvalue weighted by atomic mass is 9.53. The molecule has 4 saturated carbocycles. The van der Waals surface area contributed by atoms with Crippen LogP contribution in [0.15, 0.2) is 0 Å². The van der Waals surface area contributed by atoms with Crippen LogP contribution in [0.1, 0.15) is 91.4 Å². The standard InChI is InChI=1S/C29H46N4O7/c1-28(2,3)40-27(38)30-17-24(35)33-10-6-5-7-22(33)25(36)31-21(26(37)39-4)8-9-23(34)32-29-14-18-11-19(15-29)13-20(12-18)16-29/h18-22H,5-17H2,1-4H3,(H,30,38)(H,31,36)(H,32,34)/t18?,19?,20?,21-,22-,29?/m0/s1. The summed E-state index contributed by atoms with van der Waals surface area (Å²) < 4.78 is 10.1. The summed E-state index contributed by atoms with van der Waals surface area (Å²) in [5.74, 6) is 0.499. The Balaban J connectivity index is 1.30. The fourth-order valence-electron chi connectivity index (χ4n) is 7.62. The van der Waals surface area contributed by atoms with E-state index in [9.17, 15) is 24.0 Å². The predicted octanol–water partition coefficient (Wildman–Crippen LogP) is 2.42. The third kappa shape index (κ3) is 7.66. The van der Waals surface area contributed by atoms with Gasteiger partial charge < -0.3 is 30.3 Å². The lowest BCUT2D eigenvalue weighted by Crippen LogP contribution is -2.60. The summed E-state index contributed by atoms with van der Waals surface area (Å²) in [5.41, 5.74) is -0.818. The van der Waals surface area contributed by atoms with Gasteiger partial charge in [0.25, 0.3) is 0 Å². The first-order chi connectivity index (χ1) is 18.9. The van der Waals surface area contributed by atoms with E-state index >= 15 is 0 Å². The third-order valence-corrected chi connectivity index (χ3v) is 8.81. The van der Waals surface area contributed by atoms with E-state index in [1.54, 1.807) is 20.8 Å². The number of esters is 1. The Morgan fingerprint density at radius 1 is 0.975 bits per heavy atom. The van der Waals surface area contributed by atoms with Gasteiger partial charge in [0, 0.05) is 18.5 Å². The summed E-state index contributed by atoms with van der Waals surface area (Å²) in [6.07, 6.45) is 8.36. The lowest BCUT2D eigenvalue weighted by molar-refractivity contribution is -0.147. The zero-order valence-electron chi connectivity index (χ0n) is 24.4. The normalized spacial score (nSPS) is 29.8. The maximum absolute atomic E-state index is 13.3. The highest BCUT2D eigenvalue weighted by Gasteiger charge is 2.51. The van der Waals surface area contributed by atoms with Gasteiger partial charge >= 0.3 is 12.1 Å². The average molecular weight is 563 g/mol. The third-order valence-electron chi connectivity index (χ3n) is 8.81. The number of ether oxygens (including phenoxy) is 2. The van der Waals surface area contributed by atoms with Gasteiger partial charge in [0.1, 0.15) is 24.2 Å². The first kappa shape index (κ1) is 30.1. The zero-order valence-corrected chi connectivity index (χ0v) is 24.4. The number of rotatable bonds is 9. The number of nitrogens with zero attached hydrogens (tertiary/aromatic N) is 1. The van der Waals surface area contributed by atoms with Gasteiger partial charge in [-0.15, -0.1) is 0 Å². The highest BCUT2D eigenvalue weighted by Crippen LogP contribution is 2.55. The Morgan fingerprint density at radius 3 is 2.17 bits per heavy atom. The van der Waals surface area contributed by atoms with Gasteiger partial charge in [-0.05, 0) is 103 Å². The van der Waals surface area contributed by atoms with E-state index < -0.39 is 41.6 Å². The Labute approximate surface area is 236 Å². The van der Waals surface area contributed by atoms with Crippen molar-refractivity contribution in [3.8, 4) is 0 Å². The van der Waals surface area contributed by atoms with Crippen molar-refractivity contribution in [1.29, 1.82) is 0 Å². The second kappa shape index (κ2) is 12.3. The van der Waals surface area contributed by atoms with E-state index in [0.717, 1.165) is 32.1 Å². The van der Waals surface area contributed by atoms with Gasteiger partial charge in [-0.25, -0.2) is 9.59 Å². The van der Waals surface area contributed by atoms with Crippen LogP contribution < -0.4 is 16.0 Å². The second-order valence-electron chi connectivity index (χ2n) is 13.3. The number of carbonyl (C=O) groups is 5. The number of piperidine rings is 1. The molecular weight excluding hydrogens is 516 g/mol. The van der Waals surface area contributed by atoms with Crippen LogP contribution in [0.3, 0.4) is 0 Å². The maximum Gasteiger partial charge on any atom is 0.408 e. The molecule has 4 aliphatic carbocycles. The van der Waals surface area contributed by atoms with Gasteiger partial charge in [-0.2, -0.15) is 0 Å². The lowest BCUT2D eigenvalue weighted by Gasteiger charge is -2.57. The van der Waals surface area contributed by atoms with Gasteiger partial charge in [-0.3, -0.25) is 14.4 Å². The summed E-state index contributed by atoms with van der Waals surface area (Å²) >= 11 is 0. The number of carbonyl (C=O) groups excluding carboxylic acids is 5. The van der Waals surface area contributed by atoms with E-state index in [4.69, 9.17) is 9.47 Å². The molecule has 2 atom stereocenters. The van der Waals surface area contributed by atoms with Gasteiger partial charge in [0.2, 0.25) is 17.7 Å². The fraction of sp³-hybridized carbons (Fsp3) is 0.828. The van der Waals surface area contributed by atoms with E-state index in [1.165, 1.54) is 31.3 Å². The molecule has 0 aromatic carbocycles. The minimum absolute atomic E-state index is 0.0922. The second-order valence-corrected chi connectivity index (χ2v) is 13.3. The maximum atomic E-state index is 13.3. The van der Waals surface area contributed by atoms with Crippen LogP contribution >= 0.6 is 0 Å². The molecule has 4 bridgehead atoms. The largest absolute Gasteiger partial charge is 0.467 e. The molecule has 0 unspecified atom stereocenters. The molecule has 4 amide bonds. The molecule has 11 heteroatoms. The van der Waals surface area contributed by atoms with Crippen molar-refractivity contribution < 1.29 is 33.4 Å². The monoisotopic (exact) mass is 562 g/mol.